The zero-order chi connectivity index (χ0) is 22.6. The number of halogens is 4. The van der Waals surface area contributed by atoms with Gasteiger partial charge >= 0.3 is 6.18 Å². The summed E-state index contributed by atoms with van der Waals surface area (Å²) in [5.74, 6) is -1.40. The van der Waals surface area contributed by atoms with E-state index in [1.54, 1.807) is 6.92 Å². The number of carbonyl (C=O) groups is 1. The van der Waals surface area contributed by atoms with E-state index < -0.39 is 40.8 Å². The molecule has 0 spiro atoms. The second-order valence-corrected chi connectivity index (χ2v) is 6.45. The van der Waals surface area contributed by atoms with Crippen LogP contribution in [0.2, 0.25) is 0 Å². The Bertz CT molecular complexity index is 1130. The number of nitrogens with one attached hydrogen (secondary N) is 1. The van der Waals surface area contributed by atoms with Crippen LogP contribution in [0.5, 0.6) is 5.88 Å². The normalized spacial score (nSPS) is 12.3. The van der Waals surface area contributed by atoms with Crippen LogP contribution in [0.4, 0.5) is 23.2 Å². The highest BCUT2D eigenvalue weighted by Crippen LogP contribution is 2.34. The average molecular weight is 435 g/mol. The molecule has 0 saturated carbocycles. The van der Waals surface area contributed by atoms with Crippen molar-refractivity contribution in [3.63, 3.8) is 0 Å². The molecule has 0 aliphatic carbocycles. The lowest BCUT2D eigenvalue weighted by Gasteiger charge is -2.19. The smallest absolute Gasteiger partial charge is 0.418 e. The molecule has 0 radical (unpaired) electrons. The summed E-state index contributed by atoms with van der Waals surface area (Å²) < 4.78 is 59.1. The lowest BCUT2D eigenvalue weighted by Crippen LogP contribution is -2.34. The quantitative estimate of drug-likeness (QED) is 0.590. The molecule has 10 heteroatoms. The van der Waals surface area contributed by atoms with Crippen LogP contribution in [0, 0.1) is 5.82 Å². The topological polar surface area (TPSA) is 73.2 Å². The van der Waals surface area contributed by atoms with Gasteiger partial charge < -0.3 is 10.1 Å². The number of benzene rings is 2. The number of carbonyl (C=O) groups excluding carboxylic acids is 1. The lowest BCUT2D eigenvalue weighted by molar-refractivity contribution is -0.137. The molecule has 1 N–H and O–H groups in total. The number of rotatable bonds is 6. The molecule has 0 bridgehead atoms. The Labute approximate surface area is 174 Å². The van der Waals surface area contributed by atoms with E-state index in [0.29, 0.717) is 0 Å². The van der Waals surface area contributed by atoms with Gasteiger partial charge in [0, 0.05) is 12.1 Å². The van der Waals surface area contributed by atoms with Gasteiger partial charge in [0.1, 0.15) is 5.82 Å². The van der Waals surface area contributed by atoms with Crippen LogP contribution in [0.25, 0.3) is 5.69 Å². The maximum atomic E-state index is 13.1. The van der Waals surface area contributed by atoms with Crippen molar-refractivity contribution in [2.45, 2.75) is 25.6 Å². The molecule has 0 aliphatic rings. The average Bonchev–Trinajstić information content (AvgIpc) is 2.73. The molecule has 0 saturated heterocycles. The van der Waals surface area contributed by atoms with Gasteiger partial charge in [0.25, 0.3) is 11.5 Å². The Kier molecular flexibility index (Phi) is 6.38. The SMILES string of the molecule is CC[C@H](Oc1ccc(=O)n(-c2ccc(F)cc2)n1)C(=O)Nc1ccccc1C(F)(F)F. The summed E-state index contributed by atoms with van der Waals surface area (Å²) in [4.78, 5) is 24.6. The van der Waals surface area contributed by atoms with Crippen molar-refractivity contribution < 1.29 is 27.1 Å². The number of hydrogen-bond acceptors (Lipinski definition) is 4. The fourth-order valence-electron chi connectivity index (χ4n) is 2.75. The Morgan fingerprint density at radius 1 is 1.10 bits per heavy atom. The molecule has 3 rings (SSSR count). The van der Waals surface area contributed by atoms with Gasteiger partial charge in [-0.2, -0.15) is 17.9 Å². The van der Waals surface area contributed by atoms with Crippen molar-refractivity contribution >= 4 is 11.6 Å². The van der Waals surface area contributed by atoms with Crippen molar-refractivity contribution in [3.8, 4) is 11.6 Å². The first-order valence-corrected chi connectivity index (χ1v) is 9.19. The third kappa shape index (κ3) is 5.27. The van der Waals surface area contributed by atoms with E-state index in [1.807, 2.05) is 0 Å². The fraction of sp³-hybridized carbons (Fsp3) is 0.190. The molecular formula is C21H17F4N3O3. The predicted molar refractivity (Wildman–Crippen MR) is 105 cm³/mol. The van der Waals surface area contributed by atoms with Gasteiger partial charge in [-0.3, -0.25) is 9.59 Å². The van der Waals surface area contributed by atoms with Crippen LogP contribution in [0.3, 0.4) is 0 Å². The number of amides is 1. The number of nitrogens with zero attached hydrogens (tertiary/aromatic N) is 2. The summed E-state index contributed by atoms with van der Waals surface area (Å²) in [6, 6.07) is 11.9. The molecule has 6 nitrogen and oxygen atoms in total. The first kappa shape index (κ1) is 22.0. The number of alkyl halides is 3. The van der Waals surface area contributed by atoms with Gasteiger partial charge in [-0.15, -0.1) is 5.10 Å². The summed E-state index contributed by atoms with van der Waals surface area (Å²) in [5, 5.41) is 6.24. The number of para-hydroxylation sites is 1. The van der Waals surface area contributed by atoms with Crippen LogP contribution < -0.4 is 15.6 Å². The van der Waals surface area contributed by atoms with Crippen molar-refractivity contribution in [2.24, 2.45) is 0 Å². The van der Waals surface area contributed by atoms with Crippen molar-refractivity contribution in [1.29, 1.82) is 0 Å². The Hall–Kier alpha value is -3.69. The summed E-state index contributed by atoms with van der Waals surface area (Å²) in [5.41, 5.74) is -1.63. The summed E-state index contributed by atoms with van der Waals surface area (Å²) in [7, 11) is 0. The van der Waals surface area contributed by atoms with Crippen LogP contribution in [-0.4, -0.2) is 21.8 Å². The van der Waals surface area contributed by atoms with Crippen LogP contribution in [0.15, 0.2) is 65.5 Å². The molecule has 3 aromatic rings. The van der Waals surface area contributed by atoms with Gasteiger partial charge in [-0.25, -0.2) is 4.39 Å². The second kappa shape index (κ2) is 8.99. The van der Waals surface area contributed by atoms with Crippen molar-refractivity contribution in [2.75, 3.05) is 5.32 Å². The van der Waals surface area contributed by atoms with Gasteiger partial charge in [-0.05, 0) is 42.8 Å². The monoisotopic (exact) mass is 435 g/mol. The van der Waals surface area contributed by atoms with E-state index in [1.165, 1.54) is 30.3 Å². The van der Waals surface area contributed by atoms with E-state index >= 15 is 0 Å². The van der Waals surface area contributed by atoms with E-state index in [4.69, 9.17) is 4.74 Å². The third-order valence-corrected chi connectivity index (χ3v) is 4.26. The summed E-state index contributed by atoms with van der Waals surface area (Å²) >= 11 is 0. The Morgan fingerprint density at radius 3 is 2.42 bits per heavy atom. The second-order valence-electron chi connectivity index (χ2n) is 6.45. The maximum Gasteiger partial charge on any atom is 0.418 e. The zero-order valence-electron chi connectivity index (χ0n) is 16.2. The molecule has 2 aromatic carbocycles. The Morgan fingerprint density at radius 2 is 1.77 bits per heavy atom. The molecule has 162 valence electrons. The molecule has 31 heavy (non-hydrogen) atoms. The van der Waals surface area contributed by atoms with Gasteiger partial charge in [0.15, 0.2) is 6.10 Å². The van der Waals surface area contributed by atoms with Gasteiger partial charge in [-0.1, -0.05) is 19.1 Å². The molecule has 1 amide bonds. The molecule has 1 heterocycles. The standard InChI is InChI=1S/C21H17F4N3O3/c1-2-17(20(30)26-16-6-4-3-5-15(16)21(23,24)25)31-18-11-12-19(29)28(27-18)14-9-7-13(22)8-10-14/h3-12,17H,2H2,1H3,(H,26,30)/t17-/m0/s1. The number of aromatic nitrogens is 2. The fourth-order valence-corrected chi connectivity index (χ4v) is 2.75. The van der Waals surface area contributed by atoms with E-state index in [9.17, 15) is 27.2 Å². The summed E-state index contributed by atoms with van der Waals surface area (Å²) in [6.07, 6.45) is -5.69. The number of hydrogen-bond donors (Lipinski definition) is 1. The maximum absolute atomic E-state index is 13.1. The van der Waals surface area contributed by atoms with Crippen LogP contribution in [0.1, 0.15) is 18.9 Å². The van der Waals surface area contributed by atoms with Crippen LogP contribution >= 0.6 is 0 Å². The zero-order valence-corrected chi connectivity index (χ0v) is 16.2. The number of ether oxygens (including phenoxy) is 1. The lowest BCUT2D eigenvalue weighted by atomic mass is 10.1. The third-order valence-electron chi connectivity index (χ3n) is 4.26. The highest BCUT2D eigenvalue weighted by Gasteiger charge is 2.34. The minimum Gasteiger partial charge on any atom is -0.463 e. The van der Waals surface area contributed by atoms with Gasteiger partial charge in [0.05, 0.1) is 16.9 Å². The minimum atomic E-state index is -4.64. The molecule has 0 fully saturated rings. The molecule has 1 atom stereocenters. The first-order valence-electron chi connectivity index (χ1n) is 9.19. The summed E-state index contributed by atoms with van der Waals surface area (Å²) in [6.45, 7) is 1.61. The van der Waals surface area contributed by atoms with E-state index in [-0.39, 0.29) is 18.0 Å². The molecule has 1 aromatic heterocycles. The minimum absolute atomic E-state index is 0.102. The molecule has 0 aliphatic heterocycles. The van der Waals surface area contributed by atoms with Gasteiger partial charge in [0.2, 0.25) is 5.88 Å². The largest absolute Gasteiger partial charge is 0.463 e. The number of anilines is 1. The van der Waals surface area contributed by atoms with Crippen LogP contribution in [-0.2, 0) is 11.0 Å². The van der Waals surface area contributed by atoms with E-state index in [2.05, 4.69) is 10.4 Å². The highest BCUT2D eigenvalue weighted by atomic mass is 19.4. The van der Waals surface area contributed by atoms with Crippen molar-refractivity contribution in [3.05, 3.63) is 82.4 Å². The van der Waals surface area contributed by atoms with E-state index in [0.717, 1.165) is 35.0 Å². The molecular weight excluding hydrogens is 418 g/mol. The first-order chi connectivity index (χ1) is 14.7. The predicted octanol–water partition coefficient (Wildman–Crippen LogP) is 4.19. The Balaban J connectivity index is 1.82. The van der Waals surface area contributed by atoms with Crippen molar-refractivity contribution in [1.82, 2.24) is 9.78 Å². The highest BCUT2D eigenvalue weighted by molar-refractivity contribution is 5.95. The molecule has 0 unspecified atom stereocenters.